The fourth-order valence-electron chi connectivity index (χ4n) is 4.33. The molecule has 0 bridgehead atoms. The molecule has 2 aromatic rings. The lowest BCUT2D eigenvalue weighted by atomic mass is 9.63. The van der Waals surface area contributed by atoms with Gasteiger partial charge in [-0.1, -0.05) is 67.1 Å². The average Bonchev–Trinajstić information content (AvgIpc) is 2.64. The quantitative estimate of drug-likeness (QED) is 0.889. The van der Waals surface area contributed by atoms with Gasteiger partial charge in [0.05, 0.1) is 5.41 Å². The first-order valence-corrected chi connectivity index (χ1v) is 9.89. The van der Waals surface area contributed by atoms with Crippen LogP contribution in [0.1, 0.15) is 43.2 Å². The van der Waals surface area contributed by atoms with E-state index in [2.05, 4.69) is 52.7 Å². The second kappa shape index (κ2) is 7.63. The standard InChI is InChI=1S/C23H28N2O/c26-22(23(14-7-15-23)20-10-5-2-6-11-20)24-21-12-16-25(17-13-21)18-19-8-3-1-4-9-19/h1-6,8-11,21H,7,12-18H2,(H,24,26). The maximum absolute atomic E-state index is 13.1. The number of likely N-dealkylation sites (tertiary alicyclic amines) is 1. The van der Waals surface area contributed by atoms with Gasteiger partial charge in [0.1, 0.15) is 0 Å². The highest BCUT2D eigenvalue weighted by molar-refractivity contribution is 5.89. The summed E-state index contributed by atoms with van der Waals surface area (Å²) in [5.41, 5.74) is 2.28. The van der Waals surface area contributed by atoms with Gasteiger partial charge in [0.15, 0.2) is 0 Å². The van der Waals surface area contributed by atoms with Crippen molar-refractivity contribution in [2.24, 2.45) is 0 Å². The Bertz CT molecular complexity index is 716. The van der Waals surface area contributed by atoms with E-state index in [1.165, 1.54) is 11.1 Å². The van der Waals surface area contributed by atoms with Gasteiger partial charge in [0.2, 0.25) is 5.91 Å². The van der Waals surface area contributed by atoms with Crippen molar-refractivity contribution in [1.82, 2.24) is 10.2 Å². The van der Waals surface area contributed by atoms with Crippen molar-refractivity contribution in [3.63, 3.8) is 0 Å². The Kier molecular flexibility index (Phi) is 5.07. The summed E-state index contributed by atoms with van der Waals surface area (Å²) < 4.78 is 0. The van der Waals surface area contributed by atoms with Crippen LogP contribution >= 0.6 is 0 Å². The van der Waals surface area contributed by atoms with E-state index in [1.807, 2.05) is 18.2 Å². The molecular formula is C23H28N2O. The van der Waals surface area contributed by atoms with Crippen LogP contribution in [0.25, 0.3) is 0 Å². The van der Waals surface area contributed by atoms with Crippen LogP contribution in [0.3, 0.4) is 0 Å². The van der Waals surface area contributed by atoms with Crippen LogP contribution < -0.4 is 5.32 Å². The van der Waals surface area contributed by atoms with Gasteiger partial charge in [-0.2, -0.15) is 0 Å². The molecule has 1 saturated heterocycles. The minimum absolute atomic E-state index is 0.247. The topological polar surface area (TPSA) is 32.3 Å². The monoisotopic (exact) mass is 348 g/mol. The molecule has 136 valence electrons. The minimum atomic E-state index is -0.275. The number of hydrogen-bond donors (Lipinski definition) is 1. The molecule has 0 unspecified atom stereocenters. The Morgan fingerprint density at radius 2 is 1.58 bits per heavy atom. The molecule has 1 amide bonds. The molecule has 0 radical (unpaired) electrons. The number of nitrogens with zero attached hydrogens (tertiary/aromatic N) is 1. The maximum atomic E-state index is 13.1. The Balaban J connectivity index is 1.32. The maximum Gasteiger partial charge on any atom is 0.230 e. The van der Waals surface area contributed by atoms with Gasteiger partial charge in [-0.15, -0.1) is 0 Å². The average molecular weight is 348 g/mol. The van der Waals surface area contributed by atoms with Crippen molar-refractivity contribution in [2.75, 3.05) is 13.1 Å². The van der Waals surface area contributed by atoms with Crippen LogP contribution in [0.4, 0.5) is 0 Å². The Labute approximate surface area is 156 Å². The molecule has 2 fully saturated rings. The van der Waals surface area contributed by atoms with E-state index in [1.54, 1.807) is 0 Å². The second-order valence-corrected chi connectivity index (χ2v) is 7.81. The number of nitrogens with one attached hydrogen (secondary N) is 1. The molecule has 1 aliphatic carbocycles. The van der Waals surface area contributed by atoms with E-state index in [4.69, 9.17) is 0 Å². The molecule has 3 heteroatoms. The summed E-state index contributed by atoms with van der Waals surface area (Å²) in [7, 11) is 0. The van der Waals surface area contributed by atoms with Gasteiger partial charge in [-0.05, 0) is 36.8 Å². The van der Waals surface area contributed by atoms with Crippen molar-refractivity contribution in [3.8, 4) is 0 Å². The number of amides is 1. The van der Waals surface area contributed by atoms with E-state index in [0.29, 0.717) is 6.04 Å². The summed E-state index contributed by atoms with van der Waals surface area (Å²) in [6.45, 7) is 3.12. The number of carbonyl (C=O) groups excluding carboxylic acids is 1. The first kappa shape index (κ1) is 17.3. The predicted molar refractivity (Wildman–Crippen MR) is 105 cm³/mol. The normalized spacial score (nSPS) is 20.3. The van der Waals surface area contributed by atoms with E-state index in [9.17, 15) is 4.79 Å². The molecule has 1 aliphatic heterocycles. The fourth-order valence-corrected chi connectivity index (χ4v) is 4.33. The first-order chi connectivity index (χ1) is 12.8. The lowest BCUT2D eigenvalue weighted by molar-refractivity contribution is -0.131. The van der Waals surface area contributed by atoms with Crippen LogP contribution in [0, 0.1) is 0 Å². The molecule has 0 spiro atoms. The summed E-state index contributed by atoms with van der Waals surface area (Å²) >= 11 is 0. The summed E-state index contributed by atoms with van der Waals surface area (Å²) in [5, 5.41) is 3.38. The Morgan fingerprint density at radius 3 is 2.15 bits per heavy atom. The molecule has 2 aliphatic rings. The molecule has 4 rings (SSSR count). The van der Waals surface area contributed by atoms with E-state index >= 15 is 0 Å². The highest BCUT2D eigenvalue weighted by atomic mass is 16.2. The highest BCUT2D eigenvalue weighted by Gasteiger charge is 2.46. The Morgan fingerprint density at radius 1 is 0.962 bits per heavy atom. The molecule has 0 atom stereocenters. The lowest BCUT2D eigenvalue weighted by Gasteiger charge is -2.42. The van der Waals surface area contributed by atoms with Gasteiger partial charge >= 0.3 is 0 Å². The van der Waals surface area contributed by atoms with Crippen molar-refractivity contribution in [1.29, 1.82) is 0 Å². The summed E-state index contributed by atoms with van der Waals surface area (Å²) in [6, 6.07) is 21.3. The fraction of sp³-hybridized carbons (Fsp3) is 0.435. The van der Waals surface area contributed by atoms with Crippen molar-refractivity contribution in [2.45, 2.75) is 50.1 Å². The number of hydrogen-bond acceptors (Lipinski definition) is 2. The zero-order chi connectivity index (χ0) is 17.8. The zero-order valence-corrected chi connectivity index (χ0v) is 15.4. The number of benzene rings is 2. The molecular weight excluding hydrogens is 320 g/mol. The summed E-state index contributed by atoms with van der Waals surface area (Å²) in [5.74, 6) is 0.247. The first-order valence-electron chi connectivity index (χ1n) is 9.89. The third kappa shape index (κ3) is 3.54. The van der Waals surface area contributed by atoms with Gasteiger partial charge in [0.25, 0.3) is 0 Å². The SMILES string of the molecule is O=C(NC1CCN(Cc2ccccc2)CC1)C1(c2ccccc2)CCC1. The Hall–Kier alpha value is -2.13. The van der Waals surface area contributed by atoms with Gasteiger partial charge in [-0.3, -0.25) is 9.69 Å². The molecule has 1 saturated carbocycles. The van der Waals surface area contributed by atoms with Crippen molar-refractivity contribution < 1.29 is 4.79 Å². The van der Waals surface area contributed by atoms with E-state index in [-0.39, 0.29) is 11.3 Å². The van der Waals surface area contributed by atoms with Gasteiger partial charge < -0.3 is 5.32 Å². The molecule has 26 heavy (non-hydrogen) atoms. The second-order valence-electron chi connectivity index (χ2n) is 7.81. The van der Waals surface area contributed by atoms with Crippen LogP contribution in [0.5, 0.6) is 0 Å². The van der Waals surface area contributed by atoms with E-state index in [0.717, 1.165) is 51.7 Å². The van der Waals surface area contributed by atoms with Crippen LogP contribution in [0.15, 0.2) is 60.7 Å². The molecule has 1 N–H and O–H groups in total. The molecule has 1 heterocycles. The largest absolute Gasteiger partial charge is 0.353 e. The highest BCUT2D eigenvalue weighted by Crippen LogP contribution is 2.44. The number of rotatable bonds is 5. The van der Waals surface area contributed by atoms with Gasteiger partial charge in [-0.25, -0.2) is 0 Å². The smallest absolute Gasteiger partial charge is 0.230 e. The van der Waals surface area contributed by atoms with E-state index < -0.39 is 0 Å². The zero-order valence-electron chi connectivity index (χ0n) is 15.4. The minimum Gasteiger partial charge on any atom is -0.353 e. The molecule has 2 aromatic carbocycles. The molecule has 3 nitrogen and oxygen atoms in total. The van der Waals surface area contributed by atoms with Crippen LogP contribution in [-0.4, -0.2) is 29.9 Å². The number of piperidine rings is 1. The van der Waals surface area contributed by atoms with Crippen LogP contribution in [-0.2, 0) is 16.8 Å². The summed E-state index contributed by atoms with van der Waals surface area (Å²) in [4.78, 5) is 15.6. The van der Waals surface area contributed by atoms with Gasteiger partial charge in [0, 0.05) is 25.7 Å². The summed E-state index contributed by atoms with van der Waals surface area (Å²) in [6.07, 6.45) is 5.20. The van der Waals surface area contributed by atoms with Crippen molar-refractivity contribution in [3.05, 3.63) is 71.8 Å². The lowest BCUT2D eigenvalue weighted by Crippen LogP contribution is -2.54. The number of carbonyl (C=O) groups is 1. The predicted octanol–water partition coefficient (Wildman–Crippen LogP) is 3.89. The van der Waals surface area contributed by atoms with Crippen LogP contribution in [0.2, 0.25) is 0 Å². The third-order valence-corrected chi connectivity index (χ3v) is 6.14. The van der Waals surface area contributed by atoms with Crippen molar-refractivity contribution >= 4 is 5.91 Å². The molecule has 0 aromatic heterocycles. The third-order valence-electron chi connectivity index (χ3n) is 6.14.